The van der Waals surface area contributed by atoms with E-state index < -0.39 is 0 Å². The molecule has 0 spiro atoms. The van der Waals surface area contributed by atoms with Crippen LogP contribution in [0.2, 0.25) is 0 Å². The van der Waals surface area contributed by atoms with Gasteiger partial charge < -0.3 is 4.74 Å². The number of benzene rings is 2. The van der Waals surface area contributed by atoms with Gasteiger partial charge >= 0.3 is 5.97 Å². The smallest absolute Gasteiger partial charge is 0.306 e. The Labute approximate surface area is 93.8 Å². The summed E-state index contributed by atoms with van der Waals surface area (Å²) < 4.78 is 4.99. The predicted octanol–water partition coefficient (Wildman–Crippen LogP) is 2.87. The molecule has 2 aromatic rings. The zero-order chi connectivity index (χ0) is 11.0. The van der Waals surface area contributed by atoms with Gasteiger partial charge in [-0.25, -0.2) is 0 Å². The second-order valence-corrected chi connectivity index (χ2v) is 4.19. The van der Waals surface area contributed by atoms with Crippen molar-refractivity contribution in [2.45, 2.75) is 12.3 Å². The zero-order valence-corrected chi connectivity index (χ0v) is 8.85. The summed E-state index contributed by atoms with van der Waals surface area (Å²) in [6.07, 6.45) is 0.512. The van der Waals surface area contributed by atoms with Crippen molar-refractivity contribution >= 4 is 16.7 Å². The molecular weight excluding hydrogens is 200 g/mol. The van der Waals surface area contributed by atoms with Gasteiger partial charge in [0.25, 0.3) is 0 Å². The molecule has 0 N–H and O–H groups in total. The van der Waals surface area contributed by atoms with Crippen molar-refractivity contribution < 1.29 is 9.53 Å². The molecule has 3 rings (SSSR count). The maximum atomic E-state index is 11.1. The summed E-state index contributed by atoms with van der Waals surface area (Å²) in [5, 5.41) is 2.45. The van der Waals surface area contributed by atoms with E-state index in [4.69, 9.17) is 4.74 Å². The van der Waals surface area contributed by atoms with Crippen molar-refractivity contribution in [2.75, 3.05) is 6.61 Å². The third-order valence-electron chi connectivity index (χ3n) is 3.10. The van der Waals surface area contributed by atoms with E-state index in [-0.39, 0.29) is 11.9 Å². The van der Waals surface area contributed by atoms with Crippen molar-refractivity contribution in [3.63, 3.8) is 0 Å². The highest BCUT2D eigenvalue weighted by molar-refractivity contribution is 5.83. The van der Waals surface area contributed by atoms with Crippen LogP contribution in [0.1, 0.15) is 17.9 Å². The molecule has 0 unspecified atom stereocenters. The van der Waals surface area contributed by atoms with E-state index in [1.165, 1.54) is 16.3 Å². The van der Waals surface area contributed by atoms with Crippen molar-refractivity contribution in [3.05, 3.63) is 48.0 Å². The minimum atomic E-state index is -0.0850. The quantitative estimate of drug-likeness (QED) is 0.679. The second kappa shape index (κ2) is 3.63. The number of cyclic esters (lactones) is 1. The number of esters is 1. The van der Waals surface area contributed by atoms with Crippen LogP contribution in [0.25, 0.3) is 10.8 Å². The normalized spacial score (nSPS) is 20.0. The monoisotopic (exact) mass is 212 g/mol. The minimum Gasteiger partial charge on any atom is -0.465 e. The van der Waals surface area contributed by atoms with Gasteiger partial charge in [0.05, 0.1) is 13.0 Å². The molecule has 1 fully saturated rings. The van der Waals surface area contributed by atoms with E-state index in [0.29, 0.717) is 13.0 Å². The average molecular weight is 212 g/mol. The largest absolute Gasteiger partial charge is 0.465 e. The van der Waals surface area contributed by atoms with Crippen LogP contribution in [0.3, 0.4) is 0 Å². The van der Waals surface area contributed by atoms with Crippen LogP contribution in [0.15, 0.2) is 42.5 Å². The lowest BCUT2D eigenvalue weighted by Gasteiger charge is -2.07. The van der Waals surface area contributed by atoms with Crippen molar-refractivity contribution in [3.8, 4) is 0 Å². The molecule has 0 radical (unpaired) electrons. The Hall–Kier alpha value is -1.83. The van der Waals surface area contributed by atoms with Gasteiger partial charge in [-0.15, -0.1) is 0 Å². The summed E-state index contributed by atoms with van der Waals surface area (Å²) in [6.45, 7) is 0.525. The summed E-state index contributed by atoms with van der Waals surface area (Å²) >= 11 is 0. The van der Waals surface area contributed by atoms with E-state index in [1.54, 1.807) is 0 Å². The molecule has 16 heavy (non-hydrogen) atoms. The van der Waals surface area contributed by atoms with E-state index in [2.05, 4.69) is 30.3 Å². The van der Waals surface area contributed by atoms with Gasteiger partial charge in [-0.2, -0.15) is 0 Å². The molecule has 0 aliphatic carbocycles. The molecule has 1 atom stereocenters. The van der Waals surface area contributed by atoms with E-state index in [0.717, 1.165) is 0 Å². The number of ether oxygens (including phenoxy) is 1. The average Bonchev–Trinajstić information content (AvgIpc) is 2.75. The highest BCUT2D eigenvalue weighted by Gasteiger charge is 2.25. The Kier molecular flexibility index (Phi) is 2.13. The van der Waals surface area contributed by atoms with Gasteiger partial charge in [0.2, 0.25) is 0 Å². The maximum Gasteiger partial charge on any atom is 0.306 e. The lowest BCUT2D eigenvalue weighted by molar-refractivity contribution is -0.137. The fourth-order valence-electron chi connectivity index (χ4n) is 2.19. The van der Waals surface area contributed by atoms with E-state index >= 15 is 0 Å². The third kappa shape index (κ3) is 1.56. The first-order chi connectivity index (χ1) is 7.83. The third-order valence-corrected chi connectivity index (χ3v) is 3.10. The fraction of sp³-hybridized carbons (Fsp3) is 0.214. The molecule has 0 aromatic heterocycles. The minimum absolute atomic E-state index is 0.0850. The summed E-state index contributed by atoms with van der Waals surface area (Å²) in [5.41, 5.74) is 1.20. The summed E-state index contributed by atoms with van der Waals surface area (Å²) in [6, 6.07) is 14.6. The van der Waals surface area contributed by atoms with Gasteiger partial charge in [0.1, 0.15) is 0 Å². The first kappa shape index (κ1) is 9.40. The summed E-state index contributed by atoms with van der Waals surface area (Å²) in [5.74, 6) is 0.148. The molecule has 2 heteroatoms. The zero-order valence-electron chi connectivity index (χ0n) is 8.85. The van der Waals surface area contributed by atoms with Crippen LogP contribution in [-0.4, -0.2) is 12.6 Å². The summed E-state index contributed by atoms with van der Waals surface area (Å²) in [4.78, 5) is 11.1. The van der Waals surface area contributed by atoms with Crippen molar-refractivity contribution in [1.82, 2.24) is 0 Å². The Morgan fingerprint density at radius 1 is 1.06 bits per heavy atom. The van der Waals surface area contributed by atoms with Crippen LogP contribution in [-0.2, 0) is 9.53 Å². The van der Waals surface area contributed by atoms with Crippen LogP contribution < -0.4 is 0 Å². The molecule has 0 saturated carbocycles. The molecule has 1 aliphatic heterocycles. The Morgan fingerprint density at radius 2 is 1.88 bits per heavy atom. The number of carbonyl (C=O) groups excluding carboxylic acids is 1. The van der Waals surface area contributed by atoms with Crippen LogP contribution in [0.4, 0.5) is 0 Å². The predicted molar refractivity (Wildman–Crippen MR) is 62.3 cm³/mol. The highest BCUT2D eigenvalue weighted by atomic mass is 16.5. The topological polar surface area (TPSA) is 26.3 Å². The molecule has 80 valence electrons. The van der Waals surface area contributed by atoms with Gasteiger partial charge in [0.15, 0.2) is 0 Å². The molecule has 2 aromatic carbocycles. The first-order valence-electron chi connectivity index (χ1n) is 5.47. The molecule has 0 bridgehead atoms. The Balaban J connectivity index is 2.02. The number of hydrogen-bond acceptors (Lipinski definition) is 2. The lowest BCUT2D eigenvalue weighted by atomic mass is 9.96. The van der Waals surface area contributed by atoms with Crippen molar-refractivity contribution in [2.24, 2.45) is 0 Å². The Bertz CT molecular complexity index is 545. The van der Waals surface area contributed by atoms with E-state index in [1.807, 2.05) is 12.1 Å². The Morgan fingerprint density at radius 3 is 2.62 bits per heavy atom. The highest BCUT2D eigenvalue weighted by Crippen LogP contribution is 2.28. The van der Waals surface area contributed by atoms with Gasteiger partial charge in [-0.1, -0.05) is 42.5 Å². The molecular formula is C14H12O2. The molecule has 2 nitrogen and oxygen atoms in total. The lowest BCUT2D eigenvalue weighted by Crippen LogP contribution is -1.97. The molecule has 1 saturated heterocycles. The van der Waals surface area contributed by atoms with E-state index in [9.17, 15) is 4.79 Å². The maximum absolute atomic E-state index is 11.1. The number of rotatable bonds is 1. The van der Waals surface area contributed by atoms with Gasteiger partial charge in [-0.3, -0.25) is 4.79 Å². The van der Waals surface area contributed by atoms with Crippen LogP contribution in [0.5, 0.6) is 0 Å². The number of hydrogen-bond donors (Lipinski definition) is 0. The van der Waals surface area contributed by atoms with Crippen LogP contribution >= 0.6 is 0 Å². The van der Waals surface area contributed by atoms with Gasteiger partial charge in [-0.05, 0) is 16.3 Å². The second-order valence-electron chi connectivity index (χ2n) is 4.19. The molecule has 1 heterocycles. The van der Waals surface area contributed by atoms with Crippen molar-refractivity contribution in [1.29, 1.82) is 0 Å². The summed E-state index contributed by atoms with van der Waals surface area (Å²) in [7, 11) is 0. The van der Waals surface area contributed by atoms with Crippen LogP contribution in [0, 0.1) is 0 Å². The van der Waals surface area contributed by atoms with Gasteiger partial charge in [0, 0.05) is 5.92 Å². The SMILES string of the molecule is O=C1C[C@H](c2ccc3ccccc3c2)CO1. The molecule has 1 aliphatic rings. The number of carbonyl (C=O) groups is 1. The molecule has 0 amide bonds. The first-order valence-corrected chi connectivity index (χ1v) is 5.47. The standard InChI is InChI=1S/C14H12O2/c15-14-8-13(9-16-14)12-6-5-10-3-1-2-4-11(10)7-12/h1-7,13H,8-9H2/t13-/m0/s1. The fourth-order valence-corrected chi connectivity index (χ4v) is 2.19. The number of fused-ring (bicyclic) bond motifs is 1.